The van der Waals surface area contributed by atoms with Gasteiger partial charge in [-0.05, 0) is 44.7 Å². The molecule has 148 valence electrons. The third-order valence-electron chi connectivity index (χ3n) is 5.31. The maximum atomic E-state index is 12.7. The van der Waals surface area contributed by atoms with Crippen LogP contribution in [0.4, 0.5) is 0 Å². The van der Waals surface area contributed by atoms with Gasteiger partial charge in [-0.3, -0.25) is 19.4 Å². The number of aryl methyl sites for hydroxylation is 1. The van der Waals surface area contributed by atoms with Crippen molar-refractivity contribution in [3.05, 3.63) is 46.1 Å². The highest BCUT2D eigenvalue weighted by atomic mass is 16.2. The Morgan fingerprint density at radius 3 is 2.68 bits per heavy atom. The van der Waals surface area contributed by atoms with Gasteiger partial charge in [-0.1, -0.05) is 6.92 Å². The van der Waals surface area contributed by atoms with E-state index in [1.807, 2.05) is 6.92 Å². The molecule has 2 aromatic rings. The Morgan fingerprint density at radius 2 is 2.00 bits per heavy atom. The molecule has 1 unspecified atom stereocenters. The molecule has 1 amide bonds. The number of H-pyrrole nitrogens is 1. The molecule has 3 heterocycles. The molecule has 0 aromatic carbocycles. The van der Waals surface area contributed by atoms with Crippen molar-refractivity contribution in [2.45, 2.75) is 58.4 Å². The van der Waals surface area contributed by atoms with E-state index in [0.29, 0.717) is 36.5 Å². The van der Waals surface area contributed by atoms with Crippen molar-refractivity contribution in [1.82, 2.24) is 19.9 Å². The molecule has 0 spiro atoms. The Balaban J connectivity index is 1.73. The highest BCUT2D eigenvalue weighted by Crippen LogP contribution is 2.20. The van der Waals surface area contributed by atoms with Crippen molar-refractivity contribution in [1.29, 1.82) is 0 Å². The van der Waals surface area contributed by atoms with Crippen LogP contribution >= 0.6 is 0 Å². The molecule has 2 aromatic heterocycles. The number of likely N-dealkylation sites (tertiary alicyclic amines) is 1. The minimum atomic E-state index is -0.308. The maximum absolute atomic E-state index is 12.7. The van der Waals surface area contributed by atoms with Gasteiger partial charge < -0.3 is 9.88 Å². The molecule has 0 radical (unpaired) electrons. The number of carbonyl (C=O) groups is 2. The monoisotopic (exact) mass is 382 g/mol. The van der Waals surface area contributed by atoms with E-state index in [4.69, 9.17) is 0 Å². The first-order valence-corrected chi connectivity index (χ1v) is 9.83. The number of rotatable bonds is 6. The van der Waals surface area contributed by atoms with Crippen LogP contribution in [0, 0.1) is 6.92 Å². The molecule has 0 bridgehead atoms. The number of Topliss-reactive ketones (excluding diaryl/α,β-unsaturated/α-hetero) is 1. The number of hydrogen-bond donors (Lipinski definition) is 1. The third-order valence-corrected chi connectivity index (χ3v) is 5.31. The van der Waals surface area contributed by atoms with Crippen LogP contribution in [0.15, 0.2) is 29.3 Å². The lowest BCUT2D eigenvalue weighted by Crippen LogP contribution is -2.48. The molecule has 28 heavy (non-hydrogen) atoms. The van der Waals surface area contributed by atoms with Crippen molar-refractivity contribution in [2.24, 2.45) is 0 Å². The Hall–Kier alpha value is -2.83. The molecule has 7 heteroatoms. The lowest BCUT2D eigenvalue weighted by Gasteiger charge is -2.34. The summed E-state index contributed by atoms with van der Waals surface area (Å²) >= 11 is 0. The van der Waals surface area contributed by atoms with E-state index in [-0.39, 0.29) is 29.7 Å². The molecule has 1 N–H and O–H groups in total. The van der Waals surface area contributed by atoms with Gasteiger partial charge in [0.2, 0.25) is 5.91 Å². The number of nitrogens with one attached hydrogen (secondary N) is 1. The summed E-state index contributed by atoms with van der Waals surface area (Å²) in [4.78, 5) is 50.4. The van der Waals surface area contributed by atoms with Crippen LogP contribution in [0.1, 0.15) is 50.3 Å². The van der Waals surface area contributed by atoms with Crippen molar-refractivity contribution < 1.29 is 9.59 Å². The lowest BCUT2D eigenvalue weighted by molar-refractivity contribution is -0.141. The van der Waals surface area contributed by atoms with Gasteiger partial charge in [0.15, 0.2) is 5.78 Å². The van der Waals surface area contributed by atoms with Crippen LogP contribution < -0.4 is 5.56 Å². The third kappa shape index (κ3) is 4.35. The fourth-order valence-corrected chi connectivity index (χ4v) is 3.73. The number of amides is 1. The number of carbonyl (C=O) groups excluding carboxylic acids is 2. The number of ketones is 1. The highest BCUT2D eigenvalue weighted by molar-refractivity contribution is 5.89. The normalized spacial score (nSPS) is 16.8. The Morgan fingerprint density at radius 1 is 1.25 bits per heavy atom. The standard InChI is InChI=1S/C21H26N4O3/c1-3-18(26)17-6-4-5-13-25(17)19(27)8-7-16-14(2)23-20(24-21(16)28)15-9-11-22-12-10-15/h9-12,17H,3-8,13H2,1-2H3,(H,23,24,28). The van der Waals surface area contributed by atoms with E-state index in [1.54, 1.807) is 36.4 Å². The van der Waals surface area contributed by atoms with E-state index in [0.717, 1.165) is 24.8 Å². The fourth-order valence-electron chi connectivity index (χ4n) is 3.73. The highest BCUT2D eigenvalue weighted by Gasteiger charge is 2.30. The first kappa shape index (κ1) is 19.9. The van der Waals surface area contributed by atoms with Crippen molar-refractivity contribution in [3.8, 4) is 11.4 Å². The number of hydrogen-bond acceptors (Lipinski definition) is 5. The van der Waals surface area contributed by atoms with E-state index >= 15 is 0 Å². The zero-order chi connectivity index (χ0) is 20.1. The first-order valence-electron chi connectivity index (χ1n) is 9.83. The molecular formula is C21H26N4O3. The maximum Gasteiger partial charge on any atom is 0.254 e. The molecule has 1 fully saturated rings. The zero-order valence-electron chi connectivity index (χ0n) is 16.4. The van der Waals surface area contributed by atoms with Crippen molar-refractivity contribution in [3.63, 3.8) is 0 Å². The number of aromatic amines is 1. The van der Waals surface area contributed by atoms with Gasteiger partial charge in [-0.15, -0.1) is 0 Å². The predicted octanol–water partition coefficient (Wildman–Crippen LogP) is 2.43. The van der Waals surface area contributed by atoms with Crippen LogP contribution in [0.5, 0.6) is 0 Å². The van der Waals surface area contributed by atoms with Crippen molar-refractivity contribution in [2.75, 3.05) is 6.54 Å². The van der Waals surface area contributed by atoms with Crippen molar-refractivity contribution >= 4 is 11.7 Å². The van der Waals surface area contributed by atoms with E-state index in [9.17, 15) is 14.4 Å². The molecular weight excluding hydrogens is 356 g/mol. The summed E-state index contributed by atoms with van der Waals surface area (Å²) in [5.41, 5.74) is 1.68. The smallest absolute Gasteiger partial charge is 0.254 e. The van der Waals surface area contributed by atoms with E-state index in [1.165, 1.54) is 0 Å². The van der Waals surface area contributed by atoms with Gasteiger partial charge >= 0.3 is 0 Å². The molecule has 0 saturated carbocycles. The fraction of sp³-hybridized carbons (Fsp3) is 0.476. The molecule has 3 rings (SSSR count). The first-order chi connectivity index (χ1) is 13.5. The van der Waals surface area contributed by atoms with Gasteiger partial charge in [0.25, 0.3) is 5.56 Å². The van der Waals surface area contributed by atoms with Crippen LogP contribution in [-0.4, -0.2) is 44.1 Å². The average molecular weight is 382 g/mol. The van der Waals surface area contributed by atoms with Gasteiger partial charge in [-0.25, -0.2) is 4.98 Å². The summed E-state index contributed by atoms with van der Waals surface area (Å²) in [7, 11) is 0. The molecule has 0 aliphatic carbocycles. The predicted molar refractivity (Wildman–Crippen MR) is 106 cm³/mol. The number of aromatic nitrogens is 3. The minimum absolute atomic E-state index is 0.0662. The summed E-state index contributed by atoms with van der Waals surface area (Å²) in [6.45, 7) is 4.23. The summed E-state index contributed by atoms with van der Waals surface area (Å²) < 4.78 is 0. The Labute approximate surface area is 164 Å². The molecule has 7 nitrogen and oxygen atoms in total. The number of nitrogens with zero attached hydrogens (tertiary/aromatic N) is 3. The Kier molecular flexibility index (Phi) is 6.34. The Bertz CT molecular complexity index is 908. The second-order valence-corrected chi connectivity index (χ2v) is 7.13. The molecule has 1 saturated heterocycles. The summed E-state index contributed by atoms with van der Waals surface area (Å²) in [6.07, 6.45) is 6.86. The van der Waals surface area contributed by atoms with Gasteiger partial charge in [-0.2, -0.15) is 0 Å². The number of piperidine rings is 1. The van der Waals surface area contributed by atoms with Crippen LogP contribution in [0.2, 0.25) is 0 Å². The molecule has 1 aliphatic rings. The van der Waals surface area contributed by atoms with Gasteiger partial charge in [0.1, 0.15) is 5.82 Å². The summed E-state index contributed by atoms with van der Waals surface area (Å²) in [6, 6.07) is 3.25. The average Bonchev–Trinajstić information content (AvgIpc) is 2.73. The molecule has 1 atom stereocenters. The SMILES string of the molecule is CCC(=O)C1CCCCN1C(=O)CCc1c(C)nc(-c2ccncc2)[nH]c1=O. The van der Waals surface area contributed by atoms with Gasteiger partial charge in [0.05, 0.1) is 6.04 Å². The summed E-state index contributed by atoms with van der Waals surface area (Å²) in [5, 5.41) is 0. The van der Waals surface area contributed by atoms with Gasteiger partial charge in [0, 0.05) is 48.6 Å². The van der Waals surface area contributed by atoms with E-state index in [2.05, 4.69) is 15.0 Å². The largest absolute Gasteiger partial charge is 0.333 e. The second kappa shape index (κ2) is 8.91. The lowest BCUT2D eigenvalue weighted by atomic mass is 9.96. The quantitative estimate of drug-likeness (QED) is 0.828. The number of pyridine rings is 1. The topological polar surface area (TPSA) is 96.0 Å². The minimum Gasteiger partial charge on any atom is -0.333 e. The second-order valence-electron chi connectivity index (χ2n) is 7.13. The van der Waals surface area contributed by atoms with Crippen LogP contribution in [-0.2, 0) is 16.0 Å². The zero-order valence-corrected chi connectivity index (χ0v) is 16.4. The molecule has 1 aliphatic heterocycles. The van der Waals surface area contributed by atoms with Crippen LogP contribution in [0.25, 0.3) is 11.4 Å². The van der Waals surface area contributed by atoms with Crippen LogP contribution in [0.3, 0.4) is 0 Å². The van der Waals surface area contributed by atoms with E-state index < -0.39 is 0 Å². The summed E-state index contributed by atoms with van der Waals surface area (Å²) in [5.74, 6) is 0.540.